The molecule has 2 heterocycles. The van der Waals surface area contributed by atoms with Gasteiger partial charge in [-0.3, -0.25) is 4.79 Å². The molecule has 140 valence electrons. The van der Waals surface area contributed by atoms with Crippen LogP contribution < -0.4 is 10.2 Å². The number of esters is 1. The third-order valence-corrected chi connectivity index (χ3v) is 4.68. The van der Waals surface area contributed by atoms with E-state index in [9.17, 15) is 9.59 Å². The van der Waals surface area contributed by atoms with Gasteiger partial charge in [-0.15, -0.1) is 0 Å². The molecular weight excluding hydrogens is 358 g/mol. The molecule has 2 aromatic rings. The van der Waals surface area contributed by atoms with Crippen molar-refractivity contribution < 1.29 is 24.0 Å². The van der Waals surface area contributed by atoms with Crippen molar-refractivity contribution in [3.8, 4) is 0 Å². The average Bonchev–Trinajstić information content (AvgIpc) is 2.91. The van der Waals surface area contributed by atoms with Gasteiger partial charge in [-0.1, -0.05) is 11.6 Å². The Morgan fingerprint density at radius 3 is 2.69 bits per heavy atom. The molecule has 0 saturated carbocycles. The SMILES string of the molecule is COC(=O)c1[nH]c2ccc(Cl)cc2c1NC(=O)C[NH+]1C[C@@H](C)O[C@H](C)C1. The third kappa shape index (κ3) is 4.00. The lowest BCUT2D eigenvalue weighted by atomic mass is 10.2. The fraction of sp³-hybridized carbons (Fsp3) is 0.444. The summed E-state index contributed by atoms with van der Waals surface area (Å²) in [6.07, 6.45) is 0.221. The molecule has 1 aromatic heterocycles. The Morgan fingerprint density at radius 1 is 1.35 bits per heavy atom. The van der Waals surface area contributed by atoms with Gasteiger partial charge in [0.25, 0.3) is 5.91 Å². The van der Waals surface area contributed by atoms with Crippen molar-refractivity contribution in [1.29, 1.82) is 0 Å². The summed E-state index contributed by atoms with van der Waals surface area (Å²) in [6, 6.07) is 5.19. The molecule has 1 aliphatic rings. The molecule has 1 aliphatic heterocycles. The van der Waals surface area contributed by atoms with E-state index in [2.05, 4.69) is 10.3 Å². The molecule has 0 spiro atoms. The van der Waals surface area contributed by atoms with E-state index in [1.807, 2.05) is 13.8 Å². The molecule has 1 fully saturated rings. The number of H-pyrrole nitrogens is 1. The van der Waals surface area contributed by atoms with Gasteiger partial charge in [0.05, 0.1) is 12.8 Å². The second-order valence-electron chi connectivity index (χ2n) is 6.70. The summed E-state index contributed by atoms with van der Waals surface area (Å²) >= 11 is 6.08. The molecule has 1 amide bonds. The zero-order valence-electron chi connectivity index (χ0n) is 15.0. The number of hydrogen-bond acceptors (Lipinski definition) is 4. The fourth-order valence-corrected chi connectivity index (χ4v) is 3.67. The summed E-state index contributed by atoms with van der Waals surface area (Å²) in [4.78, 5) is 28.8. The first kappa shape index (κ1) is 18.7. The first-order valence-corrected chi connectivity index (χ1v) is 8.93. The van der Waals surface area contributed by atoms with Crippen molar-refractivity contribution in [3.63, 3.8) is 0 Å². The van der Waals surface area contributed by atoms with E-state index in [0.717, 1.165) is 18.0 Å². The molecule has 0 radical (unpaired) electrons. The summed E-state index contributed by atoms with van der Waals surface area (Å²) in [6.45, 7) is 5.84. The lowest BCUT2D eigenvalue weighted by Gasteiger charge is -2.31. The normalized spacial score (nSPS) is 23.0. The molecule has 8 heteroatoms. The first-order valence-electron chi connectivity index (χ1n) is 8.55. The number of rotatable bonds is 4. The lowest BCUT2D eigenvalue weighted by molar-refractivity contribution is -0.907. The molecule has 0 aliphatic carbocycles. The highest BCUT2D eigenvalue weighted by molar-refractivity contribution is 6.31. The predicted molar refractivity (Wildman–Crippen MR) is 98.9 cm³/mol. The van der Waals surface area contributed by atoms with Crippen LogP contribution in [0.2, 0.25) is 5.02 Å². The van der Waals surface area contributed by atoms with Crippen LogP contribution in [0.15, 0.2) is 18.2 Å². The first-order chi connectivity index (χ1) is 12.4. The molecular formula is C18H23ClN3O4+. The molecule has 26 heavy (non-hydrogen) atoms. The summed E-state index contributed by atoms with van der Waals surface area (Å²) in [5, 5.41) is 4.05. The largest absolute Gasteiger partial charge is 0.464 e. The number of halogens is 1. The number of amides is 1. The number of aromatic nitrogens is 1. The maximum Gasteiger partial charge on any atom is 0.356 e. The van der Waals surface area contributed by atoms with Crippen molar-refractivity contribution in [2.24, 2.45) is 0 Å². The van der Waals surface area contributed by atoms with Crippen LogP contribution in [-0.4, -0.2) is 55.8 Å². The third-order valence-electron chi connectivity index (χ3n) is 4.44. The lowest BCUT2D eigenvalue weighted by Crippen LogP contribution is -3.16. The van der Waals surface area contributed by atoms with Crippen LogP contribution in [0.25, 0.3) is 10.9 Å². The van der Waals surface area contributed by atoms with Gasteiger partial charge >= 0.3 is 5.97 Å². The second-order valence-corrected chi connectivity index (χ2v) is 7.13. The monoisotopic (exact) mass is 380 g/mol. The number of nitrogens with one attached hydrogen (secondary N) is 3. The van der Waals surface area contributed by atoms with E-state index >= 15 is 0 Å². The van der Waals surface area contributed by atoms with Crippen LogP contribution >= 0.6 is 11.6 Å². The number of benzene rings is 1. The van der Waals surface area contributed by atoms with Gasteiger partial charge < -0.3 is 24.7 Å². The number of carbonyl (C=O) groups is 2. The van der Waals surface area contributed by atoms with Crippen molar-refractivity contribution in [2.45, 2.75) is 26.1 Å². The van der Waals surface area contributed by atoms with Gasteiger partial charge in [0.15, 0.2) is 6.54 Å². The number of aromatic amines is 1. The Labute approximate surface area is 156 Å². The van der Waals surface area contributed by atoms with Gasteiger partial charge in [-0.05, 0) is 32.0 Å². The minimum atomic E-state index is -0.548. The maximum atomic E-state index is 12.6. The summed E-state index contributed by atoms with van der Waals surface area (Å²) in [5.74, 6) is -0.721. The average molecular weight is 381 g/mol. The number of fused-ring (bicyclic) bond motifs is 1. The number of methoxy groups -OCH3 is 1. The van der Waals surface area contributed by atoms with E-state index in [-0.39, 0.29) is 23.8 Å². The fourth-order valence-electron chi connectivity index (χ4n) is 3.49. The molecule has 7 nitrogen and oxygen atoms in total. The van der Waals surface area contributed by atoms with Crippen LogP contribution in [0.5, 0.6) is 0 Å². The number of quaternary nitrogens is 1. The maximum absolute atomic E-state index is 12.6. The number of ether oxygens (including phenoxy) is 2. The second kappa shape index (κ2) is 7.65. The summed E-state index contributed by atoms with van der Waals surface area (Å²) < 4.78 is 10.5. The highest BCUT2D eigenvalue weighted by Gasteiger charge is 2.28. The zero-order valence-corrected chi connectivity index (χ0v) is 15.8. The van der Waals surface area contributed by atoms with Crippen LogP contribution in [0.1, 0.15) is 24.3 Å². The van der Waals surface area contributed by atoms with E-state index in [1.165, 1.54) is 7.11 Å². The number of hydrogen-bond donors (Lipinski definition) is 3. The van der Waals surface area contributed by atoms with Gasteiger partial charge in [0.2, 0.25) is 0 Å². The quantitative estimate of drug-likeness (QED) is 0.697. The van der Waals surface area contributed by atoms with Gasteiger partial charge in [-0.25, -0.2) is 4.79 Å². The Kier molecular flexibility index (Phi) is 5.50. The Morgan fingerprint density at radius 2 is 2.04 bits per heavy atom. The van der Waals surface area contributed by atoms with E-state index in [1.54, 1.807) is 18.2 Å². The number of anilines is 1. The van der Waals surface area contributed by atoms with Gasteiger partial charge in [-0.2, -0.15) is 0 Å². The minimum absolute atomic E-state index is 0.110. The van der Waals surface area contributed by atoms with Crippen molar-refractivity contribution >= 4 is 40.1 Å². The van der Waals surface area contributed by atoms with Gasteiger partial charge in [0, 0.05) is 15.9 Å². The minimum Gasteiger partial charge on any atom is -0.464 e. The molecule has 2 atom stereocenters. The van der Waals surface area contributed by atoms with Crippen molar-refractivity contribution in [2.75, 3.05) is 32.1 Å². The molecule has 0 bridgehead atoms. The Balaban J connectivity index is 1.83. The van der Waals surface area contributed by atoms with Crippen LogP contribution in [0.3, 0.4) is 0 Å². The molecule has 3 N–H and O–H groups in total. The topological polar surface area (TPSA) is 84.9 Å². The summed E-state index contributed by atoms with van der Waals surface area (Å²) in [7, 11) is 1.30. The Hall–Kier alpha value is -2.09. The molecule has 3 rings (SSSR count). The summed E-state index contributed by atoms with van der Waals surface area (Å²) in [5.41, 5.74) is 1.30. The van der Waals surface area contributed by atoms with Gasteiger partial charge in [0.1, 0.15) is 31.0 Å². The predicted octanol–water partition coefficient (Wildman–Crippen LogP) is 1.24. The van der Waals surface area contributed by atoms with Crippen LogP contribution in [0.4, 0.5) is 5.69 Å². The number of morpholine rings is 1. The Bertz CT molecular complexity index is 825. The van der Waals surface area contributed by atoms with Crippen LogP contribution in [-0.2, 0) is 14.3 Å². The van der Waals surface area contributed by atoms with Crippen LogP contribution in [0, 0.1) is 0 Å². The van der Waals surface area contributed by atoms with Crippen molar-refractivity contribution in [3.05, 3.63) is 28.9 Å². The number of carbonyl (C=O) groups excluding carboxylic acids is 2. The highest BCUT2D eigenvalue weighted by Crippen LogP contribution is 2.30. The zero-order chi connectivity index (χ0) is 18.8. The molecule has 1 aromatic carbocycles. The molecule has 1 saturated heterocycles. The van der Waals surface area contributed by atoms with E-state index in [0.29, 0.717) is 28.2 Å². The molecule has 0 unspecified atom stereocenters. The standard InChI is InChI=1S/C18H22ClN3O4/c1-10-7-22(8-11(2)26-10)9-15(23)21-16-13-6-12(19)4-5-14(13)20-17(16)18(24)25-3/h4-6,10-11,20H,7-9H2,1-3H3,(H,21,23)/p+1/t10-,11-/m1/s1. The smallest absolute Gasteiger partial charge is 0.356 e. The van der Waals surface area contributed by atoms with Crippen molar-refractivity contribution in [1.82, 2.24) is 4.98 Å². The van der Waals surface area contributed by atoms with E-state index < -0.39 is 5.97 Å². The van der Waals surface area contributed by atoms with E-state index in [4.69, 9.17) is 21.1 Å². The highest BCUT2D eigenvalue weighted by atomic mass is 35.5.